The molecule has 5 nitrogen and oxygen atoms in total. The molecule has 1 aliphatic rings. The summed E-state index contributed by atoms with van der Waals surface area (Å²) >= 11 is 0. The van der Waals surface area contributed by atoms with Crippen molar-refractivity contribution in [1.29, 1.82) is 0 Å². The van der Waals surface area contributed by atoms with Crippen molar-refractivity contribution in [3.63, 3.8) is 0 Å². The highest BCUT2D eigenvalue weighted by molar-refractivity contribution is 5.74. The first-order chi connectivity index (χ1) is 9.03. The van der Waals surface area contributed by atoms with Crippen LogP contribution in [0.1, 0.15) is 46.0 Å². The Balaban J connectivity index is 2.02. The molecule has 0 aromatic heterocycles. The maximum Gasteiger partial charge on any atom is 0.315 e. The van der Waals surface area contributed by atoms with Gasteiger partial charge in [0.2, 0.25) is 0 Å². The van der Waals surface area contributed by atoms with E-state index in [2.05, 4.69) is 24.5 Å². The van der Waals surface area contributed by atoms with E-state index in [4.69, 9.17) is 9.84 Å². The second kappa shape index (κ2) is 8.38. The van der Waals surface area contributed by atoms with Crippen molar-refractivity contribution in [2.24, 2.45) is 5.41 Å². The summed E-state index contributed by atoms with van der Waals surface area (Å²) in [6.07, 6.45) is 5.26. The predicted molar refractivity (Wildman–Crippen MR) is 75.1 cm³/mol. The van der Waals surface area contributed by atoms with E-state index in [0.717, 1.165) is 19.3 Å². The molecule has 1 rings (SSSR count). The second-order valence-corrected chi connectivity index (χ2v) is 6.03. The van der Waals surface area contributed by atoms with Crippen LogP contribution in [0.15, 0.2) is 0 Å². The average molecular weight is 272 g/mol. The molecular weight excluding hydrogens is 244 g/mol. The summed E-state index contributed by atoms with van der Waals surface area (Å²) in [5.74, 6) is 0. The molecular formula is C14H28N2O3. The Labute approximate surface area is 116 Å². The van der Waals surface area contributed by atoms with Crippen molar-refractivity contribution in [1.82, 2.24) is 10.6 Å². The van der Waals surface area contributed by atoms with Crippen LogP contribution in [0, 0.1) is 5.41 Å². The molecule has 112 valence electrons. The van der Waals surface area contributed by atoms with Gasteiger partial charge in [-0.25, -0.2) is 4.79 Å². The SMILES string of the molecule is CC1(C)CCC(NC(=O)NCCCOCCO)CC1. The highest BCUT2D eigenvalue weighted by atomic mass is 16.5. The molecule has 19 heavy (non-hydrogen) atoms. The zero-order valence-electron chi connectivity index (χ0n) is 12.2. The Morgan fingerprint density at radius 3 is 2.63 bits per heavy atom. The zero-order chi connectivity index (χ0) is 14.1. The molecule has 0 heterocycles. The largest absolute Gasteiger partial charge is 0.394 e. The summed E-state index contributed by atoms with van der Waals surface area (Å²) in [4.78, 5) is 11.7. The topological polar surface area (TPSA) is 70.6 Å². The summed E-state index contributed by atoms with van der Waals surface area (Å²) in [6, 6.07) is 0.241. The van der Waals surface area contributed by atoms with Crippen molar-refractivity contribution in [3.8, 4) is 0 Å². The quantitative estimate of drug-likeness (QED) is 0.617. The number of nitrogens with one attached hydrogen (secondary N) is 2. The molecule has 0 aromatic rings. The Morgan fingerprint density at radius 2 is 2.00 bits per heavy atom. The van der Waals surface area contributed by atoms with Crippen molar-refractivity contribution >= 4 is 6.03 Å². The highest BCUT2D eigenvalue weighted by Crippen LogP contribution is 2.34. The third kappa shape index (κ3) is 7.38. The Morgan fingerprint density at radius 1 is 1.32 bits per heavy atom. The Bertz CT molecular complexity index is 259. The third-order valence-electron chi connectivity index (χ3n) is 3.66. The summed E-state index contributed by atoms with van der Waals surface area (Å²) in [7, 11) is 0. The number of rotatable bonds is 7. The van der Waals surface area contributed by atoms with Crippen LogP contribution in [0.5, 0.6) is 0 Å². The minimum absolute atomic E-state index is 0.0476. The molecule has 1 saturated carbocycles. The molecule has 2 amide bonds. The molecule has 5 heteroatoms. The number of hydrogen-bond donors (Lipinski definition) is 3. The lowest BCUT2D eigenvalue weighted by molar-refractivity contribution is 0.0909. The van der Waals surface area contributed by atoms with Crippen LogP contribution in [0.2, 0.25) is 0 Å². The molecule has 0 saturated heterocycles. The first kappa shape index (κ1) is 16.2. The van der Waals surface area contributed by atoms with E-state index in [1.807, 2.05) is 0 Å². The van der Waals surface area contributed by atoms with Crippen LogP contribution < -0.4 is 10.6 Å². The van der Waals surface area contributed by atoms with Gasteiger partial charge in [-0.05, 0) is 37.5 Å². The van der Waals surface area contributed by atoms with E-state index >= 15 is 0 Å². The van der Waals surface area contributed by atoms with E-state index in [1.54, 1.807) is 0 Å². The van der Waals surface area contributed by atoms with Crippen LogP contribution in [-0.4, -0.2) is 43.5 Å². The number of urea groups is 1. The Hall–Kier alpha value is -0.810. The molecule has 0 bridgehead atoms. The first-order valence-corrected chi connectivity index (χ1v) is 7.26. The number of aliphatic hydroxyl groups excluding tert-OH is 1. The van der Waals surface area contributed by atoms with Gasteiger partial charge < -0.3 is 20.5 Å². The first-order valence-electron chi connectivity index (χ1n) is 7.26. The minimum Gasteiger partial charge on any atom is -0.394 e. The lowest BCUT2D eigenvalue weighted by Crippen LogP contribution is -2.44. The van der Waals surface area contributed by atoms with E-state index in [0.29, 0.717) is 31.2 Å². The third-order valence-corrected chi connectivity index (χ3v) is 3.66. The van der Waals surface area contributed by atoms with E-state index in [1.165, 1.54) is 12.8 Å². The molecule has 0 aliphatic heterocycles. The average Bonchev–Trinajstić information content (AvgIpc) is 2.36. The fourth-order valence-electron chi connectivity index (χ4n) is 2.32. The molecule has 0 unspecified atom stereocenters. The van der Waals surface area contributed by atoms with Crippen LogP contribution in [0.4, 0.5) is 4.79 Å². The summed E-state index contributed by atoms with van der Waals surface area (Å²) in [5.41, 5.74) is 0.429. The van der Waals surface area contributed by atoms with Crippen LogP contribution in [0.3, 0.4) is 0 Å². The normalized spacial score (nSPS) is 19.1. The molecule has 1 aliphatic carbocycles. The number of ether oxygens (including phenoxy) is 1. The molecule has 0 spiro atoms. The van der Waals surface area contributed by atoms with Crippen LogP contribution in [0.25, 0.3) is 0 Å². The van der Waals surface area contributed by atoms with Gasteiger partial charge in [-0.1, -0.05) is 13.8 Å². The van der Waals surface area contributed by atoms with Gasteiger partial charge in [-0.15, -0.1) is 0 Å². The number of aliphatic hydroxyl groups is 1. The standard InChI is InChI=1S/C14H28N2O3/c1-14(2)6-4-12(5-7-14)16-13(18)15-8-3-10-19-11-9-17/h12,17H,3-11H2,1-2H3,(H2,15,16,18). The number of amides is 2. The van der Waals surface area contributed by atoms with Crippen molar-refractivity contribution < 1.29 is 14.6 Å². The fourth-order valence-corrected chi connectivity index (χ4v) is 2.32. The van der Waals surface area contributed by atoms with Gasteiger partial charge in [0, 0.05) is 19.2 Å². The molecule has 0 atom stereocenters. The second-order valence-electron chi connectivity index (χ2n) is 6.03. The molecule has 0 aromatic carbocycles. The van der Waals surface area contributed by atoms with Crippen molar-refractivity contribution in [3.05, 3.63) is 0 Å². The smallest absolute Gasteiger partial charge is 0.315 e. The highest BCUT2D eigenvalue weighted by Gasteiger charge is 2.27. The van der Waals surface area contributed by atoms with E-state index in [-0.39, 0.29) is 12.6 Å². The summed E-state index contributed by atoms with van der Waals surface area (Å²) in [5, 5.41) is 14.4. The summed E-state index contributed by atoms with van der Waals surface area (Å²) in [6.45, 7) is 6.16. The maximum atomic E-state index is 11.7. The van der Waals surface area contributed by atoms with E-state index in [9.17, 15) is 4.79 Å². The minimum atomic E-state index is -0.0770. The monoisotopic (exact) mass is 272 g/mol. The van der Waals surface area contributed by atoms with E-state index < -0.39 is 0 Å². The van der Waals surface area contributed by atoms with Gasteiger partial charge in [0.15, 0.2) is 0 Å². The molecule has 0 radical (unpaired) electrons. The van der Waals surface area contributed by atoms with Gasteiger partial charge in [0.1, 0.15) is 0 Å². The van der Waals surface area contributed by atoms with Crippen LogP contribution in [-0.2, 0) is 4.74 Å². The lowest BCUT2D eigenvalue weighted by Gasteiger charge is -2.34. The van der Waals surface area contributed by atoms with Gasteiger partial charge in [0.05, 0.1) is 13.2 Å². The predicted octanol–water partition coefficient (Wildman–Crippen LogP) is 1.65. The van der Waals surface area contributed by atoms with Gasteiger partial charge in [-0.2, -0.15) is 0 Å². The maximum absolute atomic E-state index is 11.7. The molecule has 1 fully saturated rings. The van der Waals surface area contributed by atoms with Gasteiger partial charge >= 0.3 is 6.03 Å². The lowest BCUT2D eigenvalue weighted by atomic mass is 9.76. The summed E-state index contributed by atoms with van der Waals surface area (Å²) < 4.78 is 5.12. The Kier molecular flexibility index (Phi) is 7.16. The van der Waals surface area contributed by atoms with Gasteiger partial charge in [0.25, 0.3) is 0 Å². The zero-order valence-corrected chi connectivity index (χ0v) is 12.2. The van der Waals surface area contributed by atoms with Crippen LogP contribution >= 0.6 is 0 Å². The molecule has 3 N–H and O–H groups in total. The van der Waals surface area contributed by atoms with Crippen molar-refractivity contribution in [2.75, 3.05) is 26.4 Å². The fraction of sp³-hybridized carbons (Fsp3) is 0.929. The number of carbonyl (C=O) groups excluding carboxylic acids is 1. The van der Waals surface area contributed by atoms with Gasteiger partial charge in [-0.3, -0.25) is 0 Å². The van der Waals surface area contributed by atoms with Crippen molar-refractivity contribution in [2.45, 2.75) is 52.0 Å². The number of carbonyl (C=O) groups is 1. The number of hydrogen-bond acceptors (Lipinski definition) is 3.